The van der Waals surface area contributed by atoms with Gasteiger partial charge in [0, 0.05) is 17.3 Å². The summed E-state index contributed by atoms with van der Waals surface area (Å²) < 4.78 is 0. The molecular weight excluding hydrogens is 725 g/mol. The number of nitrogen functional groups attached to an aromatic ring is 1. The van der Waals surface area contributed by atoms with Crippen molar-refractivity contribution in [1.82, 2.24) is 0 Å². The van der Waals surface area contributed by atoms with E-state index in [4.69, 9.17) is 17.9 Å². The number of fused-ring (bicyclic) bond motifs is 4. The zero-order valence-corrected chi connectivity index (χ0v) is 37.0. The minimum Gasteiger partial charge on any atom is -0.402 e. The van der Waals surface area contributed by atoms with Crippen molar-refractivity contribution in [3.8, 4) is 12.3 Å². The van der Waals surface area contributed by atoms with Gasteiger partial charge in [-0.15, -0.1) is 6.42 Å². The van der Waals surface area contributed by atoms with Crippen LogP contribution in [0, 0.1) is 19.3 Å². The molecule has 4 N–H and O–H groups in total. The molecule has 0 aromatic heterocycles. The Morgan fingerprint density at radius 2 is 1.37 bits per heavy atom. The highest BCUT2D eigenvalue weighted by Gasteiger charge is 2.21. The van der Waals surface area contributed by atoms with E-state index in [2.05, 4.69) is 155 Å². The van der Waals surface area contributed by atoms with Crippen LogP contribution in [0.1, 0.15) is 88.6 Å². The second-order valence-corrected chi connectivity index (χ2v) is 13.8. The van der Waals surface area contributed by atoms with Crippen LogP contribution in [-0.4, -0.2) is 0 Å². The van der Waals surface area contributed by atoms with E-state index >= 15 is 0 Å². The maximum atomic E-state index is 6.06. The lowest BCUT2D eigenvalue weighted by atomic mass is 9.80. The van der Waals surface area contributed by atoms with Gasteiger partial charge in [0.15, 0.2) is 0 Å². The Labute approximate surface area is 361 Å². The first-order chi connectivity index (χ1) is 29.3. The number of nitrogens with two attached hydrogens (primary N) is 2. The smallest absolute Gasteiger partial charge is 0.0314 e. The molecule has 0 amide bonds. The van der Waals surface area contributed by atoms with Crippen LogP contribution in [-0.2, 0) is 0 Å². The number of hydrogen-bond donors (Lipinski definition) is 2. The topological polar surface area (TPSA) is 52.0 Å². The van der Waals surface area contributed by atoms with Crippen molar-refractivity contribution in [2.75, 3.05) is 5.73 Å². The summed E-state index contributed by atoms with van der Waals surface area (Å²) >= 11 is 0. The van der Waals surface area contributed by atoms with E-state index in [-0.39, 0.29) is 5.92 Å². The summed E-state index contributed by atoms with van der Waals surface area (Å²) in [5.41, 5.74) is 21.7. The second kappa shape index (κ2) is 25.5. The number of terminal acetylenes is 1. The number of hydrogen-bond acceptors (Lipinski definition) is 2. The predicted octanol–water partition coefficient (Wildman–Crippen LogP) is 13.9. The molecule has 0 saturated heterocycles. The summed E-state index contributed by atoms with van der Waals surface area (Å²) in [7, 11) is 0. The zero-order chi connectivity index (χ0) is 43.9. The third-order valence-corrected chi connectivity index (χ3v) is 9.76. The lowest BCUT2D eigenvalue weighted by molar-refractivity contribution is 0.827. The highest BCUT2D eigenvalue weighted by Crippen LogP contribution is 2.39. The summed E-state index contributed by atoms with van der Waals surface area (Å²) in [4.78, 5) is 0. The zero-order valence-electron chi connectivity index (χ0n) is 37.0. The number of anilines is 1. The fourth-order valence-electron chi connectivity index (χ4n) is 7.14. The van der Waals surface area contributed by atoms with E-state index in [9.17, 15) is 0 Å². The van der Waals surface area contributed by atoms with Crippen LogP contribution in [0.2, 0.25) is 0 Å². The van der Waals surface area contributed by atoms with Crippen LogP contribution in [0.3, 0.4) is 0 Å². The van der Waals surface area contributed by atoms with Gasteiger partial charge >= 0.3 is 0 Å². The van der Waals surface area contributed by atoms with Gasteiger partial charge in [0.05, 0.1) is 0 Å². The molecule has 1 unspecified atom stereocenters. The van der Waals surface area contributed by atoms with Gasteiger partial charge in [-0.05, 0) is 130 Å². The first-order valence-corrected chi connectivity index (χ1v) is 21.1. The maximum absolute atomic E-state index is 6.06. The average Bonchev–Trinajstić information content (AvgIpc) is 3.28. The first kappa shape index (κ1) is 47.6. The standard InChI is InChI=1S/C40H33N.C7H11N.C7H8.2C2H6/c1-4-13-33-31(5-2)34-16-9-10-18-36(34)39-26-29(22-25-37(33)39)32-15-8-6-7-14-27(3)40(28-20-23-30(41)24-21-28)38-19-12-11-17-35(32)38;1-3-4-5-6-7(2)8;1-7-5-3-2-4-6-7;2*1-2/h1,5-14,16-26,32H,15,41H2,2-3H3;3-6H,1,8H2,2H3;2-6H,1H3;2*1-2H3/b8-6-,14-7-,31-5+,33-13+,40-27+;5-4-,7-6+;;;. The van der Waals surface area contributed by atoms with Gasteiger partial charge in [0.25, 0.3) is 0 Å². The highest BCUT2D eigenvalue weighted by atomic mass is 14.5. The quantitative estimate of drug-likeness (QED) is 0.0809. The Balaban J connectivity index is 0.000000422. The molecule has 6 aromatic carbocycles. The lowest BCUT2D eigenvalue weighted by Gasteiger charge is -2.24. The van der Waals surface area contributed by atoms with E-state index in [1.54, 1.807) is 6.08 Å². The van der Waals surface area contributed by atoms with E-state index in [1.807, 2.05) is 89.3 Å². The average molecular weight is 789 g/mol. The van der Waals surface area contributed by atoms with Crippen LogP contribution in [0.5, 0.6) is 0 Å². The summed E-state index contributed by atoms with van der Waals surface area (Å²) in [6.07, 6.45) is 26.8. The van der Waals surface area contributed by atoms with Gasteiger partial charge in [-0.25, -0.2) is 0 Å². The molecule has 0 aliphatic heterocycles. The number of aryl methyl sites for hydroxylation is 1. The number of benzene rings is 6. The highest BCUT2D eigenvalue weighted by molar-refractivity contribution is 6.08. The molecule has 1 aliphatic carbocycles. The molecule has 0 bridgehead atoms. The van der Waals surface area contributed by atoms with E-state index in [0.717, 1.165) is 23.0 Å². The molecular formula is C58H64N2. The van der Waals surface area contributed by atoms with Gasteiger partial charge in [0.2, 0.25) is 0 Å². The van der Waals surface area contributed by atoms with Gasteiger partial charge in [-0.2, -0.15) is 0 Å². The summed E-state index contributed by atoms with van der Waals surface area (Å²) in [6.45, 7) is 19.7. The predicted molar refractivity (Wildman–Crippen MR) is 269 cm³/mol. The van der Waals surface area contributed by atoms with Crippen LogP contribution < -0.4 is 21.9 Å². The fraction of sp³-hybridized carbons (Fsp3) is 0.172. The van der Waals surface area contributed by atoms with Gasteiger partial charge in [-0.1, -0.05) is 197 Å². The first-order valence-electron chi connectivity index (χ1n) is 21.1. The van der Waals surface area contributed by atoms with E-state index in [1.165, 1.54) is 65.7 Å². The van der Waals surface area contributed by atoms with Crippen molar-refractivity contribution in [3.63, 3.8) is 0 Å². The van der Waals surface area contributed by atoms with Crippen molar-refractivity contribution >= 4 is 45.0 Å². The molecule has 0 radical (unpaired) electrons. The lowest BCUT2D eigenvalue weighted by Crippen LogP contribution is -2.26. The Bertz CT molecular complexity index is 2620. The van der Waals surface area contributed by atoms with Gasteiger partial charge in [0.1, 0.15) is 0 Å². The largest absolute Gasteiger partial charge is 0.402 e. The summed E-state index contributed by atoms with van der Waals surface area (Å²) in [5, 5.41) is 7.18. The Kier molecular flexibility index (Phi) is 20.2. The molecule has 2 nitrogen and oxygen atoms in total. The Hall–Kier alpha value is -6.82. The fourth-order valence-corrected chi connectivity index (χ4v) is 7.14. The molecule has 0 spiro atoms. The molecule has 7 rings (SSSR count). The minimum atomic E-state index is 0.172. The maximum Gasteiger partial charge on any atom is 0.0314 e. The van der Waals surface area contributed by atoms with Crippen LogP contribution >= 0.6 is 0 Å². The number of rotatable bonds is 4. The van der Waals surface area contributed by atoms with Crippen LogP contribution in [0.25, 0.3) is 39.3 Å². The normalized spacial score (nSPS) is 16.2. The van der Waals surface area contributed by atoms with Crippen LogP contribution in [0.15, 0.2) is 188 Å². The molecule has 60 heavy (non-hydrogen) atoms. The molecule has 0 heterocycles. The van der Waals surface area contributed by atoms with Gasteiger partial charge < -0.3 is 11.5 Å². The van der Waals surface area contributed by atoms with Crippen LogP contribution in [0.4, 0.5) is 5.69 Å². The Morgan fingerprint density at radius 3 is 1.98 bits per heavy atom. The molecule has 2 heteroatoms. The SMILES string of the molecule is C#C/C=c1\c(=C/C)c2ccccc2c2cc(C3C\C=C/C=C\C(C)=C(/c4ccc(N)cc4)c4ccccc43)ccc12.C=C/C=C\C=C(/C)N.CC.CC.Cc1ccccc1. The van der Waals surface area contributed by atoms with Crippen molar-refractivity contribution < 1.29 is 0 Å². The van der Waals surface area contributed by atoms with Crippen molar-refractivity contribution in [3.05, 3.63) is 226 Å². The third-order valence-electron chi connectivity index (χ3n) is 9.76. The van der Waals surface area contributed by atoms with E-state index < -0.39 is 0 Å². The molecule has 6 aromatic rings. The molecule has 0 fully saturated rings. The van der Waals surface area contributed by atoms with Gasteiger partial charge in [-0.3, -0.25) is 0 Å². The third kappa shape index (κ3) is 12.8. The second-order valence-electron chi connectivity index (χ2n) is 13.8. The Morgan fingerprint density at radius 1 is 0.733 bits per heavy atom. The van der Waals surface area contributed by atoms with E-state index in [0.29, 0.717) is 0 Å². The monoisotopic (exact) mass is 789 g/mol. The summed E-state index contributed by atoms with van der Waals surface area (Å²) in [6, 6.07) is 42.9. The molecule has 1 aliphatic rings. The molecule has 306 valence electrons. The molecule has 0 saturated carbocycles. The molecule has 1 atom stereocenters. The number of allylic oxidation sites excluding steroid dienone is 10. The van der Waals surface area contributed by atoms with Crippen molar-refractivity contribution in [2.45, 2.75) is 67.7 Å². The van der Waals surface area contributed by atoms with Crippen molar-refractivity contribution in [2.24, 2.45) is 5.73 Å². The summed E-state index contributed by atoms with van der Waals surface area (Å²) in [5.74, 6) is 2.96. The van der Waals surface area contributed by atoms with Crippen molar-refractivity contribution in [1.29, 1.82) is 0 Å². The minimum absolute atomic E-state index is 0.172.